The van der Waals surface area contributed by atoms with Crippen LogP contribution < -0.4 is 15.4 Å². The number of carbonyl (C=O) groups is 2. The third kappa shape index (κ3) is 5.06. The van der Waals surface area contributed by atoms with E-state index in [9.17, 15) is 9.59 Å². The lowest BCUT2D eigenvalue weighted by atomic mass is 9.90. The number of hydrogen-bond donors (Lipinski definition) is 2. The third-order valence-electron chi connectivity index (χ3n) is 3.04. The summed E-state index contributed by atoms with van der Waals surface area (Å²) in [7, 11) is 0. The Kier molecular flexibility index (Phi) is 5.97. The SMILES string of the molecule is CC(C)NC(=O)C(C)(C)C(=O)Nc1ccc(OC(C)C)cc1. The van der Waals surface area contributed by atoms with E-state index in [1.165, 1.54) is 0 Å². The van der Waals surface area contributed by atoms with Crippen molar-refractivity contribution in [1.29, 1.82) is 0 Å². The second kappa shape index (κ2) is 7.29. The van der Waals surface area contributed by atoms with Gasteiger partial charge in [0.2, 0.25) is 11.8 Å². The fraction of sp³-hybridized carbons (Fsp3) is 0.529. The summed E-state index contributed by atoms with van der Waals surface area (Å²) in [5.41, 5.74) is -0.510. The Labute approximate surface area is 132 Å². The van der Waals surface area contributed by atoms with Crippen molar-refractivity contribution in [1.82, 2.24) is 5.32 Å². The summed E-state index contributed by atoms with van der Waals surface area (Å²) in [6, 6.07) is 7.08. The lowest BCUT2D eigenvalue weighted by Crippen LogP contribution is -2.47. The number of hydrogen-bond acceptors (Lipinski definition) is 3. The Morgan fingerprint density at radius 2 is 1.55 bits per heavy atom. The van der Waals surface area contributed by atoms with Crippen molar-refractivity contribution in [3.63, 3.8) is 0 Å². The maximum Gasteiger partial charge on any atom is 0.239 e. The van der Waals surface area contributed by atoms with Gasteiger partial charge >= 0.3 is 0 Å². The van der Waals surface area contributed by atoms with Gasteiger partial charge in [0, 0.05) is 11.7 Å². The average molecular weight is 306 g/mol. The van der Waals surface area contributed by atoms with E-state index < -0.39 is 5.41 Å². The first-order valence-electron chi connectivity index (χ1n) is 7.52. The zero-order valence-electron chi connectivity index (χ0n) is 14.2. The summed E-state index contributed by atoms with van der Waals surface area (Å²) in [4.78, 5) is 24.4. The van der Waals surface area contributed by atoms with Crippen LogP contribution in [-0.4, -0.2) is 24.0 Å². The molecule has 0 spiro atoms. The molecule has 0 saturated carbocycles. The Morgan fingerprint density at radius 1 is 1.00 bits per heavy atom. The van der Waals surface area contributed by atoms with Gasteiger partial charge in [-0.1, -0.05) is 0 Å². The van der Waals surface area contributed by atoms with Crippen LogP contribution in [0.3, 0.4) is 0 Å². The van der Waals surface area contributed by atoms with Crippen LogP contribution in [0.1, 0.15) is 41.5 Å². The van der Waals surface area contributed by atoms with Crippen LogP contribution in [0.5, 0.6) is 5.75 Å². The van der Waals surface area contributed by atoms with Crippen LogP contribution in [0.15, 0.2) is 24.3 Å². The lowest BCUT2D eigenvalue weighted by Gasteiger charge is -2.24. The minimum absolute atomic E-state index is 0.00737. The van der Waals surface area contributed by atoms with Gasteiger partial charge in [-0.25, -0.2) is 0 Å². The van der Waals surface area contributed by atoms with Gasteiger partial charge < -0.3 is 15.4 Å². The summed E-state index contributed by atoms with van der Waals surface area (Å²) < 4.78 is 5.55. The van der Waals surface area contributed by atoms with E-state index in [0.29, 0.717) is 5.69 Å². The van der Waals surface area contributed by atoms with Crippen molar-refractivity contribution >= 4 is 17.5 Å². The highest BCUT2D eigenvalue weighted by atomic mass is 16.5. The molecule has 0 saturated heterocycles. The number of ether oxygens (including phenoxy) is 1. The Balaban J connectivity index is 2.73. The van der Waals surface area contributed by atoms with E-state index in [-0.39, 0.29) is 24.0 Å². The molecule has 0 atom stereocenters. The molecule has 1 rings (SSSR count). The smallest absolute Gasteiger partial charge is 0.239 e. The van der Waals surface area contributed by atoms with Gasteiger partial charge in [0.15, 0.2) is 0 Å². The molecule has 0 radical (unpaired) electrons. The standard InChI is InChI=1S/C17H26N2O3/c1-11(2)18-15(20)17(5,6)16(21)19-13-7-9-14(10-8-13)22-12(3)4/h7-12H,1-6H3,(H,18,20)(H,19,21). The molecule has 0 bridgehead atoms. The Bertz CT molecular complexity index is 519. The van der Waals surface area contributed by atoms with Gasteiger partial charge in [-0.2, -0.15) is 0 Å². The zero-order chi connectivity index (χ0) is 16.9. The average Bonchev–Trinajstić information content (AvgIpc) is 2.39. The molecule has 5 nitrogen and oxygen atoms in total. The van der Waals surface area contributed by atoms with E-state index in [1.807, 2.05) is 27.7 Å². The fourth-order valence-electron chi connectivity index (χ4n) is 1.72. The van der Waals surface area contributed by atoms with Gasteiger partial charge in [-0.05, 0) is 65.8 Å². The maximum atomic E-state index is 12.3. The number of nitrogens with one attached hydrogen (secondary N) is 2. The van der Waals surface area contributed by atoms with Crippen LogP contribution in [0, 0.1) is 5.41 Å². The number of rotatable bonds is 6. The maximum absolute atomic E-state index is 12.3. The van der Waals surface area contributed by atoms with E-state index >= 15 is 0 Å². The molecule has 0 unspecified atom stereocenters. The van der Waals surface area contributed by atoms with E-state index in [2.05, 4.69) is 10.6 Å². The van der Waals surface area contributed by atoms with Crippen molar-refractivity contribution in [3.8, 4) is 5.75 Å². The molecule has 0 aliphatic heterocycles. The molecule has 0 fully saturated rings. The minimum Gasteiger partial charge on any atom is -0.491 e. The molecule has 22 heavy (non-hydrogen) atoms. The van der Waals surface area contributed by atoms with E-state index in [4.69, 9.17) is 4.74 Å². The number of anilines is 1. The number of benzene rings is 1. The van der Waals surface area contributed by atoms with Gasteiger partial charge in [-0.3, -0.25) is 9.59 Å². The van der Waals surface area contributed by atoms with Crippen molar-refractivity contribution in [3.05, 3.63) is 24.3 Å². The monoisotopic (exact) mass is 306 g/mol. The second-order valence-electron chi connectivity index (χ2n) is 6.40. The molecule has 5 heteroatoms. The number of amides is 2. The van der Waals surface area contributed by atoms with E-state index in [0.717, 1.165) is 5.75 Å². The van der Waals surface area contributed by atoms with Gasteiger partial charge in [-0.15, -0.1) is 0 Å². The molecule has 2 amide bonds. The van der Waals surface area contributed by atoms with Crippen LogP contribution >= 0.6 is 0 Å². The molecule has 0 aromatic heterocycles. The first kappa shape index (κ1) is 18.0. The first-order valence-corrected chi connectivity index (χ1v) is 7.52. The highest BCUT2D eigenvalue weighted by Crippen LogP contribution is 2.21. The quantitative estimate of drug-likeness (QED) is 0.794. The Morgan fingerprint density at radius 3 is 2.00 bits per heavy atom. The van der Waals surface area contributed by atoms with Crippen molar-refractivity contribution < 1.29 is 14.3 Å². The summed E-state index contributed by atoms with van der Waals surface area (Å²) in [6.07, 6.45) is 0.0964. The minimum atomic E-state index is -1.14. The summed E-state index contributed by atoms with van der Waals surface area (Å²) in [5, 5.41) is 5.52. The molecule has 1 aromatic carbocycles. The molecule has 0 aliphatic carbocycles. The normalized spacial score (nSPS) is 11.5. The number of carbonyl (C=O) groups excluding carboxylic acids is 2. The highest BCUT2D eigenvalue weighted by Gasteiger charge is 2.36. The van der Waals surface area contributed by atoms with E-state index in [1.54, 1.807) is 38.1 Å². The van der Waals surface area contributed by atoms with Crippen LogP contribution in [0.4, 0.5) is 5.69 Å². The summed E-state index contributed by atoms with van der Waals surface area (Å²) in [5.74, 6) is 0.104. The van der Waals surface area contributed by atoms with Gasteiger partial charge in [0.25, 0.3) is 0 Å². The highest BCUT2D eigenvalue weighted by molar-refractivity contribution is 6.09. The summed E-state index contributed by atoms with van der Waals surface area (Å²) >= 11 is 0. The fourth-order valence-corrected chi connectivity index (χ4v) is 1.72. The topological polar surface area (TPSA) is 67.4 Å². The first-order chi connectivity index (χ1) is 10.1. The van der Waals surface area contributed by atoms with Crippen molar-refractivity contribution in [2.24, 2.45) is 5.41 Å². The molecule has 2 N–H and O–H groups in total. The van der Waals surface area contributed by atoms with Crippen LogP contribution in [-0.2, 0) is 9.59 Å². The van der Waals surface area contributed by atoms with Crippen molar-refractivity contribution in [2.45, 2.75) is 53.7 Å². The predicted octanol–water partition coefficient (Wildman–Crippen LogP) is 2.96. The molecule has 122 valence electrons. The molecular weight excluding hydrogens is 280 g/mol. The second-order valence-corrected chi connectivity index (χ2v) is 6.40. The van der Waals surface area contributed by atoms with Crippen LogP contribution in [0.25, 0.3) is 0 Å². The summed E-state index contributed by atoms with van der Waals surface area (Å²) in [6.45, 7) is 10.8. The van der Waals surface area contributed by atoms with Crippen LogP contribution in [0.2, 0.25) is 0 Å². The molecule has 1 aromatic rings. The van der Waals surface area contributed by atoms with Crippen molar-refractivity contribution in [2.75, 3.05) is 5.32 Å². The lowest BCUT2D eigenvalue weighted by molar-refractivity contribution is -0.138. The zero-order valence-corrected chi connectivity index (χ0v) is 14.2. The third-order valence-corrected chi connectivity index (χ3v) is 3.04. The largest absolute Gasteiger partial charge is 0.491 e. The molecule has 0 heterocycles. The van der Waals surface area contributed by atoms with Gasteiger partial charge in [0.1, 0.15) is 11.2 Å². The predicted molar refractivity (Wildman–Crippen MR) is 87.9 cm³/mol. The van der Waals surface area contributed by atoms with Gasteiger partial charge in [0.05, 0.1) is 6.10 Å². The molecule has 0 aliphatic rings. The molecular formula is C17H26N2O3. The Hall–Kier alpha value is -2.04.